The zero-order valence-corrected chi connectivity index (χ0v) is 25.8. The highest BCUT2D eigenvalue weighted by Gasteiger charge is 2.32. The highest BCUT2D eigenvalue weighted by molar-refractivity contribution is 9.10. The van der Waals surface area contributed by atoms with Crippen LogP contribution in [0.2, 0.25) is 0 Å². The molecule has 0 aliphatic heterocycles. The molecule has 3 aromatic carbocycles. The molecule has 10 heteroatoms. The number of hydrogen-bond acceptors (Lipinski definition) is 5. The van der Waals surface area contributed by atoms with Crippen molar-refractivity contribution in [3.8, 4) is 5.75 Å². The Balaban J connectivity index is 2.03. The number of methoxy groups -OCH3 is 1. The minimum atomic E-state index is -4.13. The zero-order chi connectivity index (χ0) is 29.4. The van der Waals surface area contributed by atoms with Crippen LogP contribution in [0.1, 0.15) is 38.3 Å². The second kappa shape index (κ2) is 13.8. The fraction of sp³-hybridized carbons (Fsp3) is 0.333. The van der Waals surface area contributed by atoms with Crippen molar-refractivity contribution in [2.75, 3.05) is 18.0 Å². The number of amides is 2. The molecule has 0 aromatic heterocycles. The summed E-state index contributed by atoms with van der Waals surface area (Å²) in [5.74, 6) is -0.275. The quantitative estimate of drug-likeness (QED) is 0.294. The van der Waals surface area contributed by atoms with E-state index in [-0.39, 0.29) is 23.4 Å². The molecule has 2 amide bonds. The smallest absolute Gasteiger partial charge is 0.264 e. The van der Waals surface area contributed by atoms with Crippen LogP contribution in [0.4, 0.5) is 5.69 Å². The zero-order valence-electron chi connectivity index (χ0n) is 23.4. The van der Waals surface area contributed by atoms with Gasteiger partial charge in [-0.05, 0) is 81.3 Å². The maximum Gasteiger partial charge on any atom is 0.264 e. The van der Waals surface area contributed by atoms with Gasteiger partial charge in [-0.1, -0.05) is 52.7 Å². The van der Waals surface area contributed by atoms with E-state index in [4.69, 9.17) is 4.74 Å². The van der Waals surface area contributed by atoms with Crippen LogP contribution >= 0.6 is 15.9 Å². The molecule has 40 heavy (non-hydrogen) atoms. The highest BCUT2D eigenvalue weighted by atomic mass is 79.9. The second-order valence-corrected chi connectivity index (χ2v) is 12.4. The summed E-state index contributed by atoms with van der Waals surface area (Å²) in [6.07, 6.45) is 0.734. The fourth-order valence-electron chi connectivity index (χ4n) is 3.99. The molecule has 3 aromatic rings. The Hall–Kier alpha value is -3.37. The van der Waals surface area contributed by atoms with Crippen molar-refractivity contribution in [1.82, 2.24) is 10.2 Å². The van der Waals surface area contributed by atoms with Crippen molar-refractivity contribution < 1.29 is 22.7 Å². The number of hydrogen-bond donors (Lipinski definition) is 1. The van der Waals surface area contributed by atoms with Gasteiger partial charge in [-0.3, -0.25) is 13.9 Å². The molecule has 2 unspecified atom stereocenters. The molecule has 0 aliphatic rings. The SMILES string of the molecule is CCC(C)NC(=O)C(C)N(Cc1cccc(Br)c1)C(=O)CN(c1ccc(OC)cc1)S(=O)(=O)c1ccc(C)cc1. The molecule has 214 valence electrons. The van der Waals surface area contributed by atoms with E-state index < -0.39 is 28.5 Å². The normalized spacial score (nSPS) is 12.8. The van der Waals surface area contributed by atoms with Crippen LogP contribution < -0.4 is 14.4 Å². The first kappa shape index (κ1) is 31.2. The van der Waals surface area contributed by atoms with Crippen molar-refractivity contribution in [2.24, 2.45) is 0 Å². The largest absolute Gasteiger partial charge is 0.497 e. The Bertz CT molecular complexity index is 1410. The number of nitrogens with one attached hydrogen (secondary N) is 1. The number of carbonyl (C=O) groups excluding carboxylic acids is 2. The lowest BCUT2D eigenvalue weighted by atomic mass is 10.1. The van der Waals surface area contributed by atoms with E-state index in [1.807, 2.05) is 45.0 Å². The summed E-state index contributed by atoms with van der Waals surface area (Å²) in [4.78, 5) is 28.6. The standard InChI is InChI=1S/C30H36BrN3O5S/c1-6-22(3)32-30(36)23(4)33(19-24-8-7-9-25(31)18-24)29(35)20-34(26-12-14-27(39-5)15-13-26)40(37,38)28-16-10-21(2)11-17-28/h7-18,22-23H,6,19-20H2,1-5H3,(H,32,36). The third kappa shape index (κ3) is 7.85. The molecular formula is C30H36BrN3O5S. The minimum Gasteiger partial charge on any atom is -0.497 e. The van der Waals surface area contributed by atoms with Gasteiger partial charge in [0, 0.05) is 17.1 Å². The van der Waals surface area contributed by atoms with Gasteiger partial charge in [0.1, 0.15) is 18.3 Å². The lowest BCUT2D eigenvalue weighted by Crippen LogP contribution is -2.52. The number of halogens is 1. The summed E-state index contributed by atoms with van der Waals surface area (Å²) >= 11 is 3.46. The van der Waals surface area contributed by atoms with Gasteiger partial charge >= 0.3 is 0 Å². The van der Waals surface area contributed by atoms with Crippen molar-refractivity contribution in [1.29, 1.82) is 0 Å². The van der Waals surface area contributed by atoms with Gasteiger partial charge in [0.2, 0.25) is 11.8 Å². The van der Waals surface area contributed by atoms with Gasteiger partial charge in [0.15, 0.2) is 0 Å². The maximum absolute atomic E-state index is 14.0. The number of ether oxygens (including phenoxy) is 1. The first-order valence-corrected chi connectivity index (χ1v) is 15.3. The average Bonchev–Trinajstić information content (AvgIpc) is 2.94. The van der Waals surface area contributed by atoms with Crippen LogP contribution in [0.25, 0.3) is 0 Å². The molecule has 0 spiro atoms. The molecule has 8 nitrogen and oxygen atoms in total. The molecule has 1 N–H and O–H groups in total. The van der Waals surface area contributed by atoms with Crippen molar-refractivity contribution >= 4 is 43.5 Å². The van der Waals surface area contributed by atoms with E-state index in [1.54, 1.807) is 43.3 Å². The van der Waals surface area contributed by atoms with Crippen LogP contribution in [-0.4, -0.2) is 50.9 Å². The van der Waals surface area contributed by atoms with Gasteiger partial charge in [-0.15, -0.1) is 0 Å². The van der Waals surface area contributed by atoms with Gasteiger partial charge in [-0.2, -0.15) is 0 Å². The fourth-order valence-corrected chi connectivity index (χ4v) is 5.86. The molecule has 3 rings (SSSR count). The Labute approximate surface area is 245 Å². The average molecular weight is 631 g/mol. The molecule has 0 radical (unpaired) electrons. The van der Waals surface area contributed by atoms with E-state index in [0.717, 1.165) is 26.3 Å². The third-order valence-electron chi connectivity index (χ3n) is 6.66. The Morgan fingerprint density at radius 3 is 2.23 bits per heavy atom. The molecule has 0 bridgehead atoms. The summed E-state index contributed by atoms with van der Waals surface area (Å²) in [5, 5.41) is 2.93. The van der Waals surface area contributed by atoms with E-state index in [1.165, 1.54) is 24.1 Å². The molecule has 0 saturated heterocycles. The minimum absolute atomic E-state index is 0.0582. The Morgan fingerprint density at radius 2 is 1.65 bits per heavy atom. The van der Waals surface area contributed by atoms with E-state index in [9.17, 15) is 18.0 Å². The first-order chi connectivity index (χ1) is 19.0. The molecule has 0 saturated carbocycles. The predicted molar refractivity (Wildman–Crippen MR) is 161 cm³/mol. The molecule has 2 atom stereocenters. The Kier molecular flexibility index (Phi) is 10.8. The second-order valence-electron chi connectivity index (χ2n) is 9.67. The van der Waals surface area contributed by atoms with Crippen LogP contribution in [0.5, 0.6) is 5.75 Å². The number of carbonyl (C=O) groups is 2. The summed E-state index contributed by atoms with van der Waals surface area (Å²) in [6.45, 7) is 6.99. The number of sulfonamides is 1. The van der Waals surface area contributed by atoms with Gasteiger partial charge in [-0.25, -0.2) is 8.42 Å². The van der Waals surface area contributed by atoms with Crippen molar-refractivity contribution in [2.45, 2.75) is 57.6 Å². The monoisotopic (exact) mass is 629 g/mol. The van der Waals surface area contributed by atoms with Crippen molar-refractivity contribution in [3.05, 3.63) is 88.4 Å². The number of anilines is 1. The number of aryl methyl sites for hydroxylation is 1. The van der Waals surface area contributed by atoms with Crippen LogP contribution in [-0.2, 0) is 26.2 Å². The molecule has 0 fully saturated rings. The third-order valence-corrected chi connectivity index (χ3v) is 8.94. The molecule has 0 aliphatic carbocycles. The van der Waals surface area contributed by atoms with Gasteiger partial charge in [0.05, 0.1) is 17.7 Å². The van der Waals surface area contributed by atoms with Crippen LogP contribution in [0, 0.1) is 6.92 Å². The number of benzene rings is 3. The predicted octanol–water partition coefficient (Wildman–Crippen LogP) is 5.29. The van der Waals surface area contributed by atoms with E-state index >= 15 is 0 Å². The summed E-state index contributed by atoms with van der Waals surface area (Å²) in [6, 6.07) is 19.4. The Morgan fingerprint density at radius 1 is 1.00 bits per heavy atom. The van der Waals surface area contributed by atoms with Crippen LogP contribution in [0.15, 0.2) is 82.2 Å². The molecular weight excluding hydrogens is 594 g/mol. The maximum atomic E-state index is 14.0. The first-order valence-electron chi connectivity index (χ1n) is 13.0. The summed E-state index contributed by atoms with van der Waals surface area (Å²) in [7, 11) is -2.61. The van der Waals surface area contributed by atoms with Gasteiger partial charge in [0.25, 0.3) is 10.0 Å². The lowest BCUT2D eigenvalue weighted by molar-refractivity contribution is -0.139. The summed E-state index contributed by atoms with van der Waals surface area (Å²) in [5.41, 5.74) is 2.00. The van der Waals surface area contributed by atoms with Gasteiger partial charge < -0.3 is 15.0 Å². The lowest BCUT2D eigenvalue weighted by Gasteiger charge is -2.32. The number of rotatable bonds is 12. The van der Waals surface area contributed by atoms with E-state index in [0.29, 0.717) is 11.4 Å². The highest BCUT2D eigenvalue weighted by Crippen LogP contribution is 2.27. The van der Waals surface area contributed by atoms with E-state index in [2.05, 4.69) is 21.2 Å². The number of nitrogens with zero attached hydrogens (tertiary/aromatic N) is 2. The van der Waals surface area contributed by atoms with Crippen molar-refractivity contribution in [3.63, 3.8) is 0 Å². The molecule has 0 heterocycles. The topological polar surface area (TPSA) is 96.0 Å². The van der Waals surface area contributed by atoms with Crippen LogP contribution in [0.3, 0.4) is 0 Å². The summed E-state index contributed by atoms with van der Waals surface area (Å²) < 4.78 is 34.9.